The standard InChI is InChI=1S/C11H16ClNO2/c1-3-15-10-5-4-8(12)6-9(10)11(2,14)7-13/h4-6,14H,3,7,13H2,1-2H3. The molecule has 1 unspecified atom stereocenters. The SMILES string of the molecule is CCOc1ccc(Cl)cc1C(C)(O)CN. The van der Waals surface area contributed by atoms with E-state index in [1.54, 1.807) is 25.1 Å². The van der Waals surface area contributed by atoms with Crippen LogP contribution in [0, 0.1) is 0 Å². The molecule has 0 heterocycles. The van der Waals surface area contributed by atoms with Gasteiger partial charge in [0, 0.05) is 17.1 Å². The fourth-order valence-electron chi connectivity index (χ4n) is 1.31. The van der Waals surface area contributed by atoms with Crippen molar-refractivity contribution in [2.45, 2.75) is 19.4 Å². The number of ether oxygens (including phenoxy) is 1. The van der Waals surface area contributed by atoms with Gasteiger partial charge in [-0.15, -0.1) is 0 Å². The van der Waals surface area contributed by atoms with Crippen molar-refractivity contribution in [3.8, 4) is 5.75 Å². The first-order valence-electron chi connectivity index (χ1n) is 4.86. The highest BCUT2D eigenvalue weighted by Crippen LogP contribution is 2.31. The van der Waals surface area contributed by atoms with Crippen molar-refractivity contribution in [2.24, 2.45) is 5.73 Å². The van der Waals surface area contributed by atoms with Crippen LogP contribution in [0.5, 0.6) is 5.75 Å². The van der Waals surface area contributed by atoms with E-state index < -0.39 is 5.60 Å². The first-order chi connectivity index (χ1) is 7.01. The number of aliphatic hydroxyl groups is 1. The van der Waals surface area contributed by atoms with E-state index in [9.17, 15) is 5.11 Å². The number of benzene rings is 1. The van der Waals surface area contributed by atoms with Crippen molar-refractivity contribution in [2.75, 3.05) is 13.2 Å². The van der Waals surface area contributed by atoms with E-state index in [-0.39, 0.29) is 6.54 Å². The van der Waals surface area contributed by atoms with Crippen LogP contribution in [0.1, 0.15) is 19.4 Å². The molecule has 0 bridgehead atoms. The Morgan fingerprint density at radius 3 is 2.73 bits per heavy atom. The lowest BCUT2D eigenvalue weighted by Gasteiger charge is -2.24. The molecule has 1 rings (SSSR count). The Morgan fingerprint density at radius 2 is 2.20 bits per heavy atom. The Hall–Kier alpha value is -0.770. The number of halogens is 1. The molecule has 4 heteroatoms. The van der Waals surface area contributed by atoms with Crippen molar-refractivity contribution in [3.63, 3.8) is 0 Å². The number of nitrogens with two attached hydrogens (primary N) is 1. The van der Waals surface area contributed by atoms with Crippen molar-refractivity contribution >= 4 is 11.6 Å². The van der Waals surface area contributed by atoms with Gasteiger partial charge >= 0.3 is 0 Å². The van der Waals surface area contributed by atoms with Gasteiger partial charge in [-0.1, -0.05) is 11.6 Å². The fraction of sp³-hybridized carbons (Fsp3) is 0.455. The predicted molar refractivity (Wildman–Crippen MR) is 61.2 cm³/mol. The monoisotopic (exact) mass is 229 g/mol. The molecule has 0 amide bonds. The maximum absolute atomic E-state index is 10.1. The van der Waals surface area contributed by atoms with E-state index in [2.05, 4.69) is 0 Å². The summed E-state index contributed by atoms with van der Waals surface area (Å²) >= 11 is 5.87. The third-order valence-corrected chi connectivity index (χ3v) is 2.45. The minimum absolute atomic E-state index is 0.118. The van der Waals surface area contributed by atoms with Gasteiger partial charge in [-0.25, -0.2) is 0 Å². The van der Waals surface area contributed by atoms with Gasteiger partial charge in [0.05, 0.1) is 6.61 Å². The van der Waals surface area contributed by atoms with Crippen LogP contribution in [0.25, 0.3) is 0 Å². The summed E-state index contributed by atoms with van der Waals surface area (Å²) in [6.07, 6.45) is 0. The molecule has 3 nitrogen and oxygen atoms in total. The average Bonchev–Trinajstić information content (AvgIpc) is 2.21. The molecule has 1 atom stereocenters. The first-order valence-corrected chi connectivity index (χ1v) is 5.24. The molecule has 3 N–H and O–H groups in total. The maximum atomic E-state index is 10.1. The van der Waals surface area contributed by atoms with Crippen molar-refractivity contribution < 1.29 is 9.84 Å². The van der Waals surface area contributed by atoms with Crippen LogP contribution in [0.2, 0.25) is 5.02 Å². The first kappa shape index (κ1) is 12.3. The van der Waals surface area contributed by atoms with Gasteiger partial charge in [0.1, 0.15) is 11.4 Å². The Balaban J connectivity index is 3.17. The van der Waals surface area contributed by atoms with Crippen LogP contribution in [0.15, 0.2) is 18.2 Å². The molecule has 0 aliphatic heterocycles. The molecule has 0 radical (unpaired) electrons. The van der Waals surface area contributed by atoms with Crippen molar-refractivity contribution in [1.29, 1.82) is 0 Å². The van der Waals surface area contributed by atoms with E-state index in [1.165, 1.54) is 0 Å². The maximum Gasteiger partial charge on any atom is 0.125 e. The summed E-state index contributed by atoms with van der Waals surface area (Å²) in [5.74, 6) is 0.623. The normalized spacial score (nSPS) is 14.7. The van der Waals surface area contributed by atoms with Crippen molar-refractivity contribution in [1.82, 2.24) is 0 Å². The Bertz CT molecular complexity index is 339. The van der Waals surface area contributed by atoms with Crippen LogP contribution >= 0.6 is 11.6 Å². The Kier molecular flexibility index (Phi) is 3.97. The van der Waals surface area contributed by atoms with E-state index >= 15 is 0 Å². The Labute approximate surface area is 94.8 Å². The summed E-state index contributed by atoms with van der Waals surface area (Å²) in [5.41, 5.74) is 5.01. The third kappa shape index (κ3) is 2.84. The second-order valence-corrected chi connectivity index (χ2v) is 3.99. The topological polar surface area (TPSA) is 55.5 Å². The van der Waals surface area contributed by atoms with Crippen LogP contribution in [0.4, 0.5) is 0 Å². The minimum Gasteiger partial charge on any atom is -0.493 e. The molecule has 0 aromatic heterocycles. The molecule has 0 aliphatic carbocycles. The second-order valence-electron chi connectivity index (χ2n) is 3.55. The highest BCUT2D eigenvalue weighted by molar-refractivity contribution is 6.30. The lowest BCUT2D eigenvalue weighted by Crippen LogP contribution is -2.31. The molecule has 84 valence electrons. The smallest absolute Gasteiger partial charge is 0.125 e. The van der Waals surface area contributed by atoms with Crippen LogP contribution in [-0.4, -0.2) is 18.3 Å². The molecule has 1 aromatic carbocycles. The molecule has 1 aromatic rings. The van der Waals surface area contributed by atoms with E-state index in [0.29, 0.717) is 22.9 Å². The van der Waals surface area contributed by atoms with Gasteiger partial charge in [-0.3, -0.25) is 0 Å². The van der Waals surface area contributed by atoms with Gasteiger partial charge in [-0.05, 0) is 32.0 Å². The van der Waals surface area contributed by atoms with Crippen LogP contribution < -0.4 is 10.5 Å². The molecule has 0 saturated carbocycles. The number of hydrogen-bond donors (Lipinski definition) is 2. The molecule has 0 aliphatic rings. The fourth-order valence-corrected chi connectivity index (χ4v) is 1.49. The average molecular weight is 230 g/mol. The quantitative estimate of drug-likeness (QED) is 0.829. The molecular weight excluding hydrogens is 214 g/mol. The molecular formula is C11H16ClNO2. The van der Waals surface area contributed by atoms with Gasteiger partial charge < -0.3 is 15.6 Å². The zero-order chi connectivity index (χ0) is 11.5. The molecule has 0 fully saturated rings. The summed E-state index contributed by atoms with van der Waals surface area (Å²) in [5, 5.41) is 10.6. The van der Waals surface area contributed by atoms with Crippen LogP contribution in [-0.2, 0) is 5.60 Å². The Morgan fingerprint density at radius 1 is 1.53 bits per heavy atom. The minimum atomic E-state index is -1.12. The predicted octanol–water partition coefficient (Wildman–Crippen LogP) is 1.90. The van der Waals surface area contributed by atoms with Gasteiger partial charge in [0.25, 0.3) is 0 Å². The summed E-state index contributed by atoms with van der Waals surface area (Å²) in [6.45, 7) is 4.18. The van der Waals surface area contributed by atoms with Crippen LogP contribution in [0.3, 0.4) is 0 Å². The zero-order valence-electron chi connectivity index (χ0n) is 8.96. The lowest BCUT2D eigenvalue weighted by molar-refractivity contribution is 0.0634. The summed E-state index contributed by atoms with van der Waals surface area (Å²) in [6, 6.07) is 5.15. The zero-order valence-corrected chi connectivity index (χ0v) is 9.71. The van der Waals surface area contributed by atoms with Crippen molar-refractivity contribution in [3.05, 3.63) is 28.8 Å². The second kappa shape index (κ2) is 4.84. The summed E-state index contributed by atoms with van der Waals surface area (Å²) in [7, 11) is 0. The molecule has 15 heavy (non-hydrogen) atoms. The van der Waals surface area contributed by atoms with Gasteiger partial charge in [0.2, 0.25) is 0 Å². The van der Waals surface area contributed by atoms with Gasteiger partial charge in [0.15, 0.2) is 0 Å². The lowest BCUT2D eigenvalue weighted by atomic mass is 9.95. The highest BCUT2D eigenvalue weighted by atomic mass is 35.5. The largest absolute Gasteiger partial charge is 0.493 e. The third-order valence-electron chi connectivity index (χ3n) is 2.22. The molecule has 0 saturated heterocycles. The van der Waals surface area contributed by atoms with E-state index in [0.717, 1.165) is 0 Å². The molecule has 0 spiro atoms. The summed E-state index contributed by atoms with van der Waals surface area (Å²) < 4.78 is 5.41. The number of hydrogen-bond acceptors (Lipinski definition) is 3. The summed E-state index contributed by atoms with van der Waals surface area (Å²) in [4.78, 5) is 0. The van der Waals surface area contributed by atoms with E-state index in [4.69, 9.17) is 22.1 Å². The highest BCUT2D eigenvalue weighted by Gasteiger charge is 2.25. The number of rotatable bonds is 4. The van der Waals surface area contributed by atoms with Gasteiger partial charge in [-0.2, -0.15) is 0 Å². The van der Waals surface area contributed by atoms with E-state index in [1.807, 2.05) is 6.92 Å².